The summed E-state index contributed by atoms with van der Waals surface area (Å²) in [5.74, 6) is 0.0502. The fraction of sp³-hybridized carbons (Fsp3) is 0.440. The number of ether oxygens (including phenoxy) is 3. The predicted octanol–water partition coefficient (Wildman–Crippen LogP) is 9.65. The smallest absolute Gasteiger partial charge is 0.252 e. The number of aromatic amines is 1. The van der Waals surface area contributed by atoms with Gasteiger partial charge in [0.25, 0.3) is 5.91 Å². The summed E-state index contributed by atoms with van der Waals surface area (Å²) in [5, 5.41) is 1.65. The van der Waals surface area contributed by atoms with Gasteiger partial charge in [0, 0.05) is 68.5 Å². The molecule has 3 aromatic carbocycles. The van der Waals surface area contributed by atoms with Gasteiger partial charge in [-0.25, -0.2) is 13.4 Å². The second-order valence-electron chi connectivity index (χ2n) is 18.8. The number of morpholine rings is 1. The zero-order chi connectivity index (χ0) is 45.3. The number of pyridine rings is 1. The largest absolute Gasteiger partial charge is 0.492 e. The number of rotatable bonds is 13. The van der Waals surface area contributed by atoms with Gasteiger partial charge in [0.1, 0.15) is 22.0 Å². The molecule has 0 bridgehead atoms. The molecule has 3 fully saturated rings. The van der Waals surface area contributed by atoms with E-state index in [1.807, 2.05) is 18.2 Å². The van der Waals surface area contributed by atoms with Crippen LogP contribution in [0.15, 0.2) is 94.5 Å². The number of nitrogens with zero attached hydrogens (tertiary/aromatic N) is 4. The van der Waals surface area contributed by atoms with Crippen molar-refractivity contribution in [2.45, 2.75) is 74.6 Å². The van der Waals surface area contributed by atoms with E-state index >= 15 is 8.42 Å². The molecule has 5 aromatic rings. The van der Waals surface area contributed by atoms with Crippen LogP contribution in [-0.2, 0) is 14.6 Å². The number of nitrogens with two attached hydrogens (primary N) is 1. The van der Waals surface area contributed by atoms with E-state index in [9.17, 15) is 4.79 Å². The highest BCUT2D eigenvalue weighted by Gasteiger charge is 2.35. The molecule has 0 radical (unpaired) electrons. The first-order valence-electron chi connectivity index (χ1n) is 22.8. The minimum absolute atomic E-state index is 0.0617. The fourth-order valence-corrected chi connectivity index (χ4v) is 12.1. The van der Waals surface area contributed by atoms with Gasteiger partial charge in [0.15, 0.2) is 5.75 Å². The van der Waals surface area contributed by atoms with Crippen molar-refractivity contribution in [3.05, 3.63) is 106 Å². The van der Waals surface area contributed by atoms with Crippen LogP contribution in [0.4, 0.5) is 5.69 Å². The summed E-state index contributed by atoms with van der Waals surface area (Å²) in [6.07, 6.45) is 10.7. The van der Waals surface area contributed by atoms with Crippen molar-refractivity contribution in [3.63, 3.8) is 0 Å². The monoisotopic (exact) mass is 940 g/mol. The number of sulfone groups is 1. The molecule has 12 nitrogen and oxygen atoms in total. The van der Waals surface area contributed by atoms with Crippen molar-refractivity contribution in [1.82, 2.24) is 19.8 Å². The number of amides is 1. The maximum Gasteiger partial charge on any atom is 0.252 e. The molecular weight excluding hydrogens is 884 g/mol. The molecule has 2 aliphatic heterocycles. The van der Waals surface area contributed by atoms with E-state index in [-0.39, 0.29) is 37.3 Å². The summed E-state index contributed by atoms with van der Waals surface area (Å²) in [4.78, 5) is 27.5. The van der Waals surface area contributed by atoms with Crippen molar-refractivity contribution >= 4 is 61.2 Å². The number of hydrogen-bond donors (Lipinski definition) is 2. The molecule has 2 aromatic heterocycles. The second-order valence-corrected chi connectivity index (χ2v) is 21.5. The van der Waals surface area contributed by atoms with Crippen LogP contribution in [-0.4, -0.2) is 106 Å². The number of primary amides is 1. The third-order valence-electron chi connectivity index (χ3n) is 13.8. The molecule has 0 spiro atoms. The Morgan fingerprint density at radius 1 is 0.938 bits per heavy atom. The third-order valence-corrected chi connectivity index (χ3v) is 16.1. The number of carbonyl (C=O) groups is 1. The van der Waals surface area contributed by atoms with Crippen molar-refractivity contribution < 1.29 is 27.4 Å². The first kappa shape index (κ1) is 45.5. The van der Waals surface area contributed by atoms with E-state index in [4.69, 9.17) is 43.1 Å². The molecule has 344 valence electrons. The van der Waals surface area contributed by atoms with Gasteiger partial charge in [-0.1, -0.05) is 54.8 Å². The average molecular weight is 942 g/mol. The minimum atomic E-state index is -4.42. The first-order valence-corrected chi connectivity index (χ1v) is 25.1. The third kappa shape index (κ3) is 10.2. The second kappa shape index (κ2) is 19.3. The molecule has 1 saturated carbocycles. The number of hydrogen-bond acceptors (Lipinski definition) is 10. The van der Waals surface area contributed by atoms with Gasteiger partial charge in [-0.3, -0.25) is 14.6 Å². The molecule has 0 unspecified atom stereocenters. The van der Waals surface area contributed by atoms with Gasteiger partial charge >= 0.3 is 0 Å². The average Bonchev–Trinajstić information content (AvgIpc) is 3.78. The molecule has 3 N–H and O–H groups in total. The quantitative estimate of drug-likeness (QED) is 0.117. The van der Waals surface area contributed by atoms with Crippen LogP contribution in [0.5, 0.6) is 17.2 Å². The molecule has 2 aliphatic carbocycles. The van der Waals surface area contributed by atoms with Crippen molar-refractivity contribution in [2.75, 3.05) is 70.5 Å². The zero-order valence-electron chi connectivity index (χ0n) is 37.2. The maximum absolute atomic E-state index is 15.2. The fourth-order valence-electron chi connectivity index (χ4n) is 10.0. The molecule has 2 saturated heterocycles. The number of carbonyl (C=O) groups excluding carboxylic acids is 1. The molecule has 0 atom stereocenters. The van der Waals surface area contributed by atoms with Crippen molar-refractivity contribution in [3.8, 4) is 17.2 Å². The van der Waals surface area contributed by atoms with Gasteiger partial charge in [-0.05, 0) is 122 Å². The number of nitrogens with one attached hydrogen (secondary N) is 1. The van der Waals surface area contributed by atoms with Crippen molar-refractivity contribution in [1.29, 1.82) is 0 Å². The lowest BCUT2D eigenvalue weighted by Gasteiger charge is -2.40. The number of fused-ring (bicyclic) bond motifs is 1. The van der Waals surface area contributed by atoms with Gasteiger partial charge in [-0.2, -0.15) is 0 Å². The standard InChI is InChI=1S/C50H58Cl2N6O6S/c1-50(2)17-15-36(42(29-50)34-5-7-37(51)8-6-34)31-56-19-21-58(22-20-56)44-13-12-41(48(53)59)46(64-39-27-35-16-18-54-49(35)55-30-39)47(44)65(60,61)40-11-14-45(43(52)28-40)63-32-33-3-9-38(10-4-33)57-23-25-62-26-24-57/h5-8,11-14,16,18,27-28,30,33,38H,3-4,9-10,15,17,19-26,29,31-32H2,1-2H3,(H2,53,59)(H,54,55). The van der Waals surface area contributed by atoms with Crippen LogP contribution >= 0.6 is 23.2 Å². The highest BCUT2D eigenvalue weighted by atomic mass is 35.5. The summed E-state index contributed by atoms with van der Waals surface area (Å²) in [6.45, 7) is 12.0. The van der Waals surface area contributed by atoms with E-state index in [0.29, 0.717) is 61.8 Å². The van der Waals surface area contributed by atoms with Gasteiger partial charge in [-0.15, -0.1) is 0 Å². The molecule has 15 heteroatoms. The minimum Gasteiger partial charge on any atom is -0.492 e. The van der Waals surface area contributed by atoms with Crippen LogP contribution < -0.4 is 20.1 Å². The number of aromatic nitrogens is 2. The van der Waals surface area contributed by atoms with Crippen LogP contribution in [0.1, 0.15) is 74.7 Å². The highest BCUT2D eigenvalue weighted by molar-refractivity contribution is 7.91. The predicted molar refractivity (Wildman–Crippen MR) is 256 cm³/mol. The number of H-pyrrole nitrogens is 1. The molecule has 1 amide bonds. The Kier molecular flexibility index (Phi) is 13.5. The lowest BCUT2D eigenvalue weighted by Crippen LogP contribution is -2.47. The van der Waals surface area contributed by atoms with E-state index in [2.05, 4.69) is 50.6 Å². The van der Waals surface area contributed by atoms with Crippen molar-refractivity contribution in [2.24, 2.45) is 17.1 Å². The molecule has 4 aliphatic rings. The normalized spacial score (nSPS) is 21.1. The Hall–Kier alpha value is -4.63. The maximum atomic E-state index is 15.2. The summed E-state index contributed by atoms with van der Waals surface area (Å²) >= 11 is 13.2. The summed E-state index contributed by atoms with van der Waals surface area (Å²) in [6, 6.07) is 20.1. The van der Waals surface area contributed by atoms with Gasteiger partial charge < -0.3 is 29.8 Å². The number of benzene rings is 3. The Morgan fingerprint density at radius 3 is 2.42 bits per heavy atom. The first-order chi connectivity index (χ1) is 31.3. The summed E-state index contributed by atoms with van der Waals surface area (Å²) in [7, 11) is -4.42. The summed E-state index contributed by atoms with van der Waals surface area (Å²) in [5.41, 5.74) is 11.2. The zero-order valence-corrected chi connectivity index (χ0v) is 39.5. The van der Waals surface area contributed by atoms with E-state index < -0.39 is 15.7 Å². The number of allylic oxidation sites excluding steroid dienone is 1. The van der Waals surface area contributed by atoms with Crippen LogP contribution in [0, 0.1) is 11.3 Å². The van der Waals surface area contributed by atoms with Crippen LogP contribution in [0.3, 0.4) is 0 Å². The van der Waals surface area contributed by atoms with Gasteiger partial charge in [0.2, 0.25) is 9.84 Å². The van der Waals surface area contributed by atoms with E-state index in [1.54, 1.807) is 30.5 Å². The molecule has 4 heterocycles. The van der Waals surface area contributed by atoms with Crippen LogP contribution in [0.2, 0.25) is 10.0 Å². The Bertz CT molecular complexity index is 2670. The SMILES string of the molecule is CC1(C)CCC(CN2CCN(c3ccc(C(N)=O)c(Oc4cnc5[nH]ccc5c4)c3S(=O)(=O)c3ccc(OCC4CCC(N5CCOCC5)CC4)c(Cl)c3)CC2)=C(c2ccc(Cl)cc2)C1. The van der Waals surface area contributed by atoms with Gasteiger partial charge in [0.05, 0.1) is 47.2 Å². The summed E-state index contributed by atoms with van der Waals surface area (Å²) < 4.78 is 48.7. The molecule has 65 heavy (non-hydrogen) atoms. The lowest BCUT2D eigenvalue weighted by molar-refractivity contribution is 0.00304. The van der Waals surface area contributed by atoms with Crippen LogP contribution in [0.25, 0.3) is 16.6 Å². The van der Waals surface area contributed by atoms with E-state index in [1.165, 1.54) is 35.0 Å². The molecular formula is C50H58Cl2N6O6S. The Balaban J connectivity index is 0.989. The van der Waals surface area contributed by atoms with E-state index in [0.717, 1.165) is 88.2 Å². The number of halogens is 2. The Morgan fingerprint density at radius 2 is 1.69 bits per heavy atom. The number of piperazine rings is 1. The Labute approximate surface area is 391 Å². The lowest BCUT2D eigenvalue weighted by atomic mass is 9.72. The number of anilines is 1. The molecule has 9 rings (SSSR count). The highest BCUT2D eigenvalue weighted by Crippen LogP contribution is 2.46. The topological polar surface area (TPSA) is 143 Å².